The largest absolute Gasteiger partial charge is 0.484 e. The number of nitrogens with zero attached hydrogens (tertiary/aromatic N) is 1. The summed E-state index contributed by atoms with van der Waals surface area (Å²) in [6, 6.07) is 7.79. The zero-order valence-electron chi connectivity index (χ0n) is 11.2. The molecule has 0 saturated carbocycles. The summed E-state index contributed by atoms with van der Waals surface area (Å²) in [5.74, 6) is 1.52. The topological polar surface area (TPSA) is 29.5 Å². The van der Waals surface area contributed by atoms with E-state index in [1.807, 2.05) is 36.1 Å². The Hall–Kier alpha value is -1.51. The molecule has 1 saturated heterocycles. The Morgan fingerprint density at radius 1 is 1.44 bits per heavy atom. The molecule has 3 nitrogen and oxygen atoms in total. The third-order valence-electron chi connectivity index (χ3n) is 3.45. The molecule has 1 aliphatic rings. The molecule has 98 valence electrons. The highest BCUT2D eigenvalue weighted by Gasteiger charge is 2.21. The summed E-state index contributed by atoms with van der Waals surface area (Å²) in [6.45, 7) is 6.08. The predicted molar refractivity (Wildman–Crippen MR) is 71.7 cm³/mol. The van der Waals surface area contributed by atoms with Gasteiger partial charge in [-0.2, -0.15) is 0 Å². The Morgan fingerprint density at radius 3 is 2.94 bits per heavy atom. The molecular formula is C15H21NO2. The van der Waals surface area contributed by atoms with Gasteiger partial charge in [-0.15, -0.1) is 0 Å². The maximum absolute atomic E-state index is 12.0. The molecular weight excluding hydrogens is 226 g/mol. The summed E-state index contributed by atoms with van der Waals surface area (Å²) in [5.41, 5.74) is 1.07. The molecule has 0 spiro atoms. The number of benzene rings is 1. The first-order valence-electron chi connectivity index (χ1n) is 6.63. The summed E-state index contributed by atoms with van der Waals surface area (Å²) < 4.78 is 5.60. The van der Waals surface area contributed by atoms with Gasteiger partial charge in [-0.05, 0) is 37.3 Å². The third-order valence-corrected chi connectivity index (χ3v) is 3.45. The highest BCUT2D eigenvalue weighted by molar-refractivity contribution is 5.77. The molecule has 0 bridgehead atoms. The van der Waals surface area contributed by atoms with E-state index in [9.17, 15) is 4.79 Å². The van der Waals surface area contributed by atoms with Crippen LogP contribution in [0.15, 0.2) is 24.3 Å². The van der Waals surface area contributed by atoms with Crippen LogP contribution in [0.5, 0.6) is 5.75 Å². The smallest absolute Gasteiger partial charge is 0.260 e. The number of hydrogen-bond donors (Lipinski definition) is 0. The van der Waals surface area contributed by atoms with Crippen LogP contribution in [0.3, 0.4) is 0 Å². The summed E-state index contributed by atoms with van der Waals surface area (Å²) in [6.07, 6.45) is 2.33. The van der Waals surface area contributed by atoms with Crippen LogP contribution in [0.4, 0.5) is 0 Å². The van der Waals surface area contributed by atoms with Crippen LogP contribution in [-0.2, 0) is 4.79 Å². The van der Waals surface area contributed by atoms with Crippen LogP contribution in [0.2, 0.25) is 0 Å². The van der Waals surface area contributed by atoms with Crippen molar-refractivity contribution in [1.29, 1.82) is 0 Å². The van der Waals surface area contributed by atoms with Crippen molar-refractivity contribution in [2.24, 2.45) is 5.92 Å². The van der Waals surface area contributed by atoms with E-state index in [2.05, 4.69) is 6.92 Å². The van der Waals surface area contributed by atoms with Crippen molar-refractivity contribution in [2.45, 2.75) is 26.7 Å². The van der Waals surface area contributed by atoms with Crippen LogP contribution in [0.1, 0.15) is 25.3 Å². The quantitative estimate of drug-likeness (QED) is 0.821. The van der Waals surface area contributed by atoms with Crippen molar-refractivity contribution in [1.82, 2.24) is 4.90 Å². The highest BCUT2D eigenvalue weighted by Crippen LogP contribution is 2.18. The summed E-state index contributed by atoms with van der Waals surface area (Å²) in [4.78, 5) is 14.0. The van der Waals surface area contributed by atoms with Crippen molar-refractivity contribution in [2.75, 3.05) is 19.7 Å². The zero-order chi connectivity index (χ0) is 13.0. The van der Waals surface area contributed by atoms with E-state index in [1.165, 1.54) is 6.42 Å². The normalized spacial score (nSPS) is 19.7. The second kappa shape index (κ2) is 5.89. The lowest BCUT2D eigenvalue weighted by atomic mass is 10.0. The number of amides is 1. The fourth-order valence-electron chi connectivity index (χ4n) is 2.37. The van der Waals surface area contributed by atoms with Gasteiger partial charge in [-0.25, -0.2) is 0 Å². The van der Waals surface area contributed by atoms with Crippen LogP contribution in [0.25, 0.3) is 0 Å². The molecule has 0 radical (unpaired) electrons. The molecule has 1 fully saturated rings. The molecule has 3 heteroatoms. The van der Waals surface area contributed by atoms with Gasteiger partial charge in [-0.3, -0.25) is 4.79 Å². The van der Waals surface area contributed by atoms with E-state index in [1.54, 1.807) is 0 Å². The average molecular weight is 247 g/mol. The van der Waals surface area contributed by atoms with Gasteiger partial charge < -0.3 is 9.64 Å². The first kappa shape index (κ1) is 12.9. The maximum Gasteiger partial charge on any atom is 0.260 e. The summed E-state index contributed by atoms with van der Waals surface area (Å²) in [5, 5.41) is 0. The lowest BCUT2D eigenvalue weighted by molar-refractivity contribution is -0.135. The van der Waals surface area contributed by atoms with E-state index in [0.717, 1.165) is 30.8 Å². The Balaban J connectivity index is 1.86. The molecule has 0 aromatic heterocycles. The number of aryl methyl sites for hydroxylation is 1. The van der Waals surface area contributed by atoms with Gasteiger partial charge in [-0.1, -0.05) is 25.1 Å². The number of ether oxygens (including phenoxy) is 1. The number of carbonyl (C=O) groups excluding carboxylic acids is 1. The van der Waals surface area contributed by atoms with Gasteiger partial charge in [0.05, 0.1) is 0 Å². The van der Waals surface area contributed by atoms with Gasteiger partial charge >= 0.3 is 0 Å². The standard InChI is InChI=1S/C15H21NO2/c1-12-6-5-9-16(10-12)15(17)11-18-14-8-4-3-7-13(14)2/h3-4,7-8,12H,5-6,9-11H2,1-2H3/t12-/m0/s1. The Labute approximate surface area is 109 Å². The van der Waals surface area contributed by atoms with Crippen LogP contribution >= 0.6 is 0 Å². The molecule has 1 aliphatic heterocycles. The van der Waals surface area contributed by atoms with Gasteiger partial charge in [0.25, 0.3) is 5.91 Å². The number of carbonyl (C=O) groups is 1. The lowest BCUT2D eigenvalue weighted by Gasteiger charge is -2.30. The average Bonchev–Trinajstić information content (AvgIpc) is 2.37. The SMILES string of the molecule is Cc1ccccc1OCC(=O)N1CCC[C@H](C)C1. The number of likely N-dealkylation sites (tertiary alicyclic amines) is 1. The molecule has 2 rings (SSSR count). The monoisotopic (exact) mass is 247 g/mol. The van der Waals surface area contributed by atoms with Gasteiger partial charge in [0.2, 0.25) is 0 Å². The van der Waals surface area contributed by atoms with Gasteiger partial charge in [0.1, 0.15) is 5.75 Å². The van der Waals surface area contributed by atoms with Crippen molar-refractivity contribution >= 4 is 5.91 Å². The summed E-state index contributed by atoms with van der Waals surface area (Å²) in [7, 11) is 0. The zero-order valence-corrected chi connectivity index (χ0v) is 11.2. The van der Waals surface area contributed by atoms with Crippen LogP contribution in [-0.4, -0.2) is 30.5 Å². The van der Waals surface area contributed by atoms with Gasteiger partial charge in [0, 0.05) is 13.1 Å². The maximum atomic E-state index is 12.0. The Kier molecular flexibility index (Phi) is 4.24. The number of hydrogen-bond acceptors (Lipinski definition) is 2. The minimum atomic E-state index is 0.102. The third kappa shape index (κ3) is 3.25. The number of piperidine rings is 1. The van der Waals surface area contributed by atoms with E-state index in [4.69, 9.17) is 4.74 Å². The minimum Gasteiger partial charge on any atom is -0.484 e. The minimum absolute atomic E-state index is 0.102. The Morgan fingerprint density at radius 2 is 2.22 bits per heavy atom. The van der Waals surface area contributed by atoms with Crippen molar-refractivity contribution < 1.29 is 9.53 Å². The fourth-order valence-corrected chi connectivity index (χ4v) is 2.37. The van der Waals surface area contributed by atoms with E-state index >= 15 is 0 Å². The van der Waals surface area contributed by atoms with E-state index in [0.29, 0.717) is 5.92 Å². The molecule has 1 atom stereocenters. The van der Waals surface area contributed by atoms with Crippen molar-refractivity contribution in [3.8, 4) is 5.75 Å². The highest BCUT2D eigenvalue weighted by atomic mass is 16.5. The Bertz CT molecular complexity index is 417. The van der Waals surface area contributed by atoms with E-state index < -0.39 is 0 Å². The van der Waals surface area contributed by atoms with Gasteiger partial charge in [0.15, 0.2) is 6.61 Å². The van der Waals surface area contributed by atoms with E-state index in [-0.39, 0.29) is 12.5 Å². The molecule has 0 unspecified atom stereocenters. The molecule has 0 N–H and O–H groups in total. The van der Waals surface area contributed by atoms with Crippen molar-refractivity contribution in [3.63, 3.8) is 0 Å². The first-order valence-corrected chi connectivity index (χ1v) is 6.63. The molecule has 1 heterocycles. The second-order valence-electron chi connectivity index (χ2n) is 5.14. The fraction of sp³-hybridized carbons (Fsp3) is 0.533. The molecule has 1 aromatic carbocycles. The number of para-hydroxylation sites is 1. The lowest BCUT2D eigenvalue weighted by Crippen LogP contribution is -2.41. The molecule has 1 aromatic rings. The predicted octanol–water partition coefficient (Wildman–Crippen LogP) is 2.63. The van der Waals surface area contributed by atoms with Crippen molar-refractivity contribution in [3.05, 3.63) is 29.8 Å². The molecule has 0 aliphatic carbocycles. The van der Waals surface area contributed by atoms with Crippen LogP contribution in [0, 0.1) is 12.8 Å². The molecule has 18 heavy (non-hydrogen) atoms. The second-order valence-corrected chi connectivity index (χ2v) is 5.14. The first-order chi connectivity index (χ1) is 8.66. The molecule has 1 amide bonds. The van der Waals surface area contributed by atoms with Crippen LogP contribution < -0.4 is 4.74 Å². The number of rotatable bonds is 3. The summed E-state index contributed by atoms with van der Waals surface area (Å²) >= 11 is 0.